The van der Waals surface area contributed by atoms with E-state index in [0.717, 1.165) is 38.0 Å². The molecule has 0 heterocycles. The van der Waals surface area contributed by atoms with E-state index in [2.05, 4.69) is 17.6 Å². The summed E-state index contributed by atoms with van der Waals surface area (Å²) in [5.41, 5.74) is -1.01. The van der Waals surface area contributed by atoms with Gasteiger partial charge in [-0.05, 0) is 50.9 Å². The molecule has 0 aromatic carbocycles. The molecule has 0 aliphatic heterocycles. The molecule has 19 heavy (non-hydrogen) atoms. The van der Waals surface area contributed by atoms with Crippen LogP contribution in [0.5, 0.6) is 0 Å². The van der Waals surface area contributed by atoms with E-state index in [4.69, 9.17) is 5.11 Å². The van der Waals surface area contributed by atoms with Gasteiger partial charge in [0.2, 0.25) is 0 Å². The molecule has 2 fully saturated rings. The largest absolute Gasteiger partial charge is 0.480 e. The van der Waals surface area contributed by atoms with Crippen molar-refractivity contribution in [1.82, 2.24) is 10.6 Å². The Bertz CT molecular complexity index is 345. The maximum absolute atomic E-state index is 11.9. The molecule has 2 saturated carbocycles. The van der Waals surface area contributed by atoms with Crippen molar-refractivity contribution in [3.8, 4) is 0 Å². The van der Waals surface area contributed by atoms with Gasteiger partial charge in [0.05, 0.1) is 0 Å². The highest BCUT2D eigenvalue weighted by Crippen LogP contribution is 2.32. The first-order chi connectivity index (χ1) is 9.05. The predicted octanol–water partition coefficient (Wildman–Crippen LogP) is 2.26. The molecule has 5 nitrogen and oxygen atoms in total. The molecule has 2 rings (SSSR count). The second-order valence-corrected chi connectivity index (χ2v) is 5.97. The second kappa shape index (κ2) is 5.80. The molecule has 3 N–H and O–H groups in total. The van der Waals surface area contributed by atoms with E-state index in [1.807, 2.05) is 0 Å². The molecular weight excluding hydrogens is 244 g/mol. The Labute approximate surface area is 114 Å². The van der Waals surface area contributed by atoms with E-state index < -0.39 is 11.5 Å². The van der Waals surface area contributed by atoms with E-state index >= 15 is 0 Å². The molecule has 0 bridgehead atoms. The first-order valence-electron chi connectivity index (χ1n) is 7.38. The van der Waals surface area contributed by atoms with Crippen molar-refractivity contribution in [3.05, 3.63) is 0 Å². The van der Waals surface area contributed by atoms with Crippen LogP contribution in [0.15, 0.2) is 0 Å². The number of urea groups is 1. The molecule has 2 aliphatic rings. The quantitative estimate of drug-likeness (QED) is 0.731. The van der Waals surface area contributed by atoms with E-state index in [1.165, 1.54) is 6.42 Å². The number of hydrogen-bond donors (Lipinski definition) is 3. The number of hydrogen-bond acceptors (Lipinski definition) is 2. The third-order valence-electron chi connectivity index (χ3n) is 4.73. The molecule has 0 saturated heterocycles. The summed E-state index contributed by atoms with van der Waals surface area (Å²) in [5, 5.41) is 14.7. The summed E-state index contributed by atoms with van der Waals surface area (Å²) in [6, 6.07) is -0.115. The van der Waals surface area contributed by atoms with Gasteiger partial charge in [0.25, 0.3) is 0 Å². The van der Waals surface area contributed by atoms with Crippen LogP contribution in [0.2, 0.25) is 0 Å². The summed E-state index contributed by atoms with van der Waals surface area (Å²) in [6.45, 7) is 2.21. The zero-order chi connectivity index (χ0) is 13.9. The summed E-state index contributed by atoms with van der Waals surface area (Å²) in [6.07, 6.45) is 7.49. The first kappa shape index (κ1) is 14.2. The topological polar surface area (TPSA) is 78.4 Å². The van der Waals surface area contributed by atoms with Gasteiger partial charge in [-0.25, -0.2) is 9.59 Å². The Morgan fingerprint density at radius 3 is 2.26 bits per heavy atom. The summed E-state index contributed by atoms with van der Waals surface area (Å²) in [4.78, 5) is 23.1. The lowest BCUT2D eigenvalue weighted by molar-refractivity contribution is -0.148. The van der Waals surface area contributed by atoms with Crippen molar-refractivity contribution in [3.63, 3.8) is 0 Å². The average molecular weight is 268 g/mol. The van der Waals surface area contributed by atoms with Gasteiger partial charge in [-0.2, -0.15) is 0 Å². The summed E-state index contributed by atoms with van der Waals surface area (Å²) in [7, 11) is 0. The molecule has 0 radical (unpaired) electrons. The number of carbonyl (C=O) groups excluding carboxylic acids is 1. The minimum Gasteiger partial charge on any atom is -0.480 e. The summed E-state index contributed by atoms with van der Waals surface area (Å²) in [5.74, 6) is -0.123. The average Bonchev–Trinajstić information content (AvgIpc) is 2.34. The van der Waals surface area contributed by atoms with Crippen LogP contribution in [0.3, 0.4) is 0 Å². The Morgan fingerprint density at radius 2 is 1.84 bits per heavy atom. The molecule has 0 spiro atoms. The van der Waals surface area contributed by atoms with Crippen LogP contribution in [-0.4, -0.2) is 28.7 Å². The zero-order valence-corrected chi connectivity index (χ0v) is 11.6. The van der Waals surface area contributed by atoms with Crippen molar-refractivity contribution in [2.24, 2.45) is 5.92 Å². The molecule has 0 aromatic rings. The zero-order valence-electron chi connectivity index (χ0n) is 11.6. The number of carbonyl (C=O) groups is 2. The fourth-order valence-electron chi connectivity index (χ4n) is 3.08. The minimum atomic E-state index is -1.01. The Kier molecular flexibility index (Phi) is 4.32. The molecular formula is C14H24N2O3. The van der Waals surface area contributed by atoms with Crippen LogP contribution in [0, 0.1) is 5.92 Å². The van der Waals surface area contributed by atoms with Gasteiger partial charge in [0.15, 0.2) is 0 Å². The maximum atomic E-state index is 11.9. The smallest absolute Gasteiger partial charge is 0.329 e. The van der Waals surface area contributed by atoms with Crippen molar-refractivity contribution in [1.29, 1.82) is 0 Å². The summed E-state index contributed by atoms with van der Waals surface area (Å²) >= 11 is 0. The van der Waals surface area contributed by atoms with E-state index in [1.54, 1.807) is 0 Å². The Morgan fingerprint density at radius 1 is 1.21 bits per heavy atom. The van der Waals surface area contributed by atoms with Crippen molar-refractivity contribution >= 4 is 12.0 Å². The molecule has 108 valence electrons. The van der Waals surface area contributed by atoms with Gasteiger partial charge in [-0.3, -0.25) is 0 Å². The van der Waals surface area contributed by atoms with Crippen molar-refractivity contribution in [2.75, 3.05) is 0 Å². The van der Waals surface area contributed by atoms with Gasteiger partial charge >= 0.3 is 12.0 Å². The molecule has 0 aromatic heterocycles. The van der Waals surface area contributed by atoms with E-state index in [0.29, 0.717) is 12.8 Å². The number of carboxylic acids is 1. The van der Waals surface area contributed by atoms with Gasteiger partial charge < -0.3 is 15.7 Å². The molecule has 0 unspecified atom stereocenters. The number of carboxylic acid groups (broad SMARTS) is 1. The minimum absolute atomic E-state index is 0.203. The molecule has 0 atom stereocenters. The molecule has 2 amide bonds. The Hall–Kier alpha value is -1.26. The highest BCUT2D eigenvalue weighted by molar-refractivity contribution is 5.87. The lowest BCUT2D eigenvalue weighted by Crippen LogP contribution is -2.62. The van der Waals surface area contributed by atoms with Gasteiger partial charge in [-0.15, -0.1) is 0 Å². The van der Waals surface area contributed by atoms with Crippen molar-refractivity contribution < 1.29 is 14.7 Å². The second-order valence-electron chi connectivity index (χ2n) is 5.97. The van der Waals surface area contributed by atoms with Crippen LogP contribution in [-0.2, 0) is 4.79 Å². The van der Waals surface area contributed by atoms with Gasteiger partial charge in [0, 0.05) is 6.04 Å². The lowest BCUT2D eigenvalue weighted by Gasteiger charge is -2.39. The number of rotatable bonds is 4. The monoisotopic (exact) mass is 268 g/mol. The highest BCUT2D eigenvalue weighted by Gasteiger charge is 2.45. The standard InChI is InChI=1S/C14H24N2O3/c1-2-10-4-6-11(7-5-10)15-13(19)16-14(12(17)18)8-3-9-14/h10-11H,2-9H2,1H3,(H,17,18)(H2,15,16,19). The number of amides is 2. The number of aliphatic carboxylic acids is 1. The molecule has 2 aliphatic carbocycles. The predicted molar refractivity (Wildman–Crippen MR) is 71.9 cm³/mol. The van der Waals surface area contributed by atoms with Gasteiger partial charge in [-0.1, -0.05) is 13.3 Å². The fraction of sp³-hybridized carbons (Fsp3) is 0.857. The molecule has 5 heteroatoms. The van der Waals surface area contributed by atoms with Crippen molar-refractivity contribution in [2.45, 2.75) is 69.9 Å². The van der Waals surface area contributed by atoms with Crippen LogP contribution in [0.4, 0.5) is 4.79 Å². The fourth-order valence-corrected chi connectivity index (χ4v) is 3.08. The van der Waals surface area contributed by atoms with Gasteiger partial charge in [0.1, 0.15) is 5.54 Å². The number of nitrogens with one attached hydrogen (secondary N) is 2. The van der Waals surface area contributed by atoms with Crippen LogP contribution >= 0.6 is 0 Å². The van der Waals surface area contributed by atoms with Crippen LogP contribution in [0.1, 0.15) is 58.3 Å². The Balaban J connectivity index is 1.77. The lowest BCUT2D eigenvalue weighted by atomic mass is 9.77. The third-order valence-corrected chi connectivity index (χ3v) is 4.73. The SMILES string of the molecule is CCC1CCC(NC(=O)NC2(C(=O)O)CCC2)CC1. The van der Waals surface area contributed by atoms with Crippen LogP contribution < -0.4 is 10.6 Å². The normalized spacial score (nSPS) is 29.1. The van der Waals surface area contributed by atoms with Crippen LogP contribution in [0.25, 0.3) is 0 Å². The maximum Gasteiger partial charge on any atom is 0.329 e. The summed E-state index contributed by atoms with van der Waals surface area (Å²) < 4.78 is 0. The third kappa shape index (κ3) is 3.19. The van der Waals surface area contributed by atoms with E-state index in [9.17, 15) is 9.59 Å². The first-order valence-corrected chi connectivity index (χ1v) is 7.38. The highest BCUT2D eigenvalue weighted by atomic mass is 16.4. The van der Waals surface area contributed by atoms with E-state index in [-0.39, 0.29) is 12.1 Å².